The van der Waals surface area contributed by atoms with E-state index in [0.29, 0.717) is 0 Å². The van der Waals surface area contributed by atoms with Crippen LogP contribution in [0.15, 0.2) is 12.0 Å². The summed E-state index contributed by atoms with van der Waals surface area (Å²) in [6.45, 7) is 3.89. The van der Waals surface area contributed by atoms with Crippen LogP contribution in [0.5, 0.6) is 0 Å². The minimum atomic E-state index is 0.181. The van der Waals surface area contributed by atoms with Crippen LogP contribution in [0, 0.1) is 0 Å². The minimum Gasteiger partial charge on any atom is -0.474 e. The van der Waals surface area contributed by atoms with E-state index in [-0.39, 0.29) is 6.23 Å². The molecule has 0 saturated carbocycles. The third-order valence-corrected chi connectivity index (χ3v) is 0.884. The van der Waals surface area contributed by atoms with Gasteiger partial charge in [-0.05, 0) is 13.8 Å². The van der Waals surface area contributed by atoms with Gasteiger partial charge in [-0.1, -0.05) is 0 Å². The second-order valence-electron chi connectivity index (χ2n) is 1.68. The van der Waals surface area contributed by atoms with Crippen LogP contribution in [0.2, 0.25) is 0 Å². The summed E-state index contributed by atoms with van der Waals surface area (Å²) < 4.78 is 5.11. The average Bonchev–Trinajstić information content (AvgIpc) is 1.87. The monoisotopic (exact) mass is 99.1 g/mol. The van der Waals surface area contributed by atoms with Crippen LogP contribution in [0.4, 0.5) is 0 Å². The van der Waals surface area contributed by atoms with Crippen molar-refractivity contribution in [1.82, 2.24) is 5.32 Å². The van der Waals surface area contributed by atoms with Gasteiger partial charge in [0.2, 0.25) is 0 Å². The molecule has 0 aliphatic carbocycles. The Hall–Kier alpha value is -0.660. The number of rotatable bonds is 0. The summed E-state index contributed by atoms with van der Waals surface area (Å²) in [6, 6.07) is 0. The highest BCUT2D eigenvalue weighted by atomic mass is 16.5. The third-order valence-electron chi connectivity index (χ3n) is 0.884. The molecule has 0 amide bonds. The van der Waals surface area contributed by atoms with Gasteiger partial charge in [-0.2, -0.15) is 0 Å². The van der Waals surface area contributed by atoms with Crippen molar-refractivity contribution < 1.29 is 4.74 Å². The molecule has 0 aromatic rings. The molecule has 1 heterocycles. The Morgan fingerprint density at radius 2 is 2.57 bits per heavy atom. The van der Waals surface area contributed by atoms with E-state index in [2.05, 4.69) is 5.32 Å². The van der Waals surface area contributed by atoms with E-state index < -0.39 is 0 Å². The van der Waals surface area contributed by atoms with Gasteiger partial charge in [0.15, 0.2) is 6.23 Å². The van der Waals surface area contributed by atoms with Crippen molar-refractivity contribution in [3.8, 4) is 0 Å². The normalized spacial score (nSPS) is 28.3. The molecule has 1 rings (SSSR count). The molecule has 40 valence electrons. The predicted octanol–water partition coefficient (Wildman–Crippen LogP) is 0.814. The fourth-order valence-electron chi connectivity index (χ4n) is 0.582. The van der Waals surface area contributed by atoms with Crippen molar-refractivity contribution in [2.75, 3.05) is 0 Å². The van der Waals surface area contributed by atoms with Crippen LogP contribution in [-0.2, 0) is 4.74 Å². The zero-order chi connectivity index (χ0) is 5.28. The number of nitrogens with one attached hydrogen (secondary N) is 1. The zero-order valence-electron chi connectivity index (χ0n) is 4.56. The van der Waals surface area contributed by atoms with E-state index in [1.165, 1.54) is 0 Å². The molecule has 0 aromatic heterocycles. The maximum Gasteiger partial charge on any atom is 0.166 e. The Labute approximate surface area is 43.2 Å². The van der Waals surface area contributed by atoms with Crippen molar-refractivity contribution in [3.63, 3.8) is 0 Å². The van der Waals surface area contributed by atoms with E-state index in [1.54, 1.807) is 0 Å². The van der Waals surface area contributed by atoms with E-state index in [1.807, 2.05) is 20.0 Å². The fourth-order valence-corrected chi connectivity index (χ4v) is 0.582. The average molecular weight is 99.1 g/mol. The van der Waals surface area contributed by atoms with Gasteiger partial charge in [0.25, 0.3) is 0 Å². The summed E-state index contributed by atoms with van der Waals surface area (Å²) in [5.41, 5.74) is 0. The minimum absolute atomic E-state index is 0.181. The van der Waals surface area contributed by atoms with Gasteiger partial charge in [-0.25, -0.2) is 0 Å². The number of hydrogen-bond acceptors (Lipinski definition) is 2. The second-order valence-corrected chi connectivity index (χ2v) is 1.68. The first-order valence-corrected chi connectivity index (χ1v) is 2.38. The standard InChI is InChI=1S/C5H9NO/c1-4-3-6-5(2)7-4/h3,5-6H,1-2H3. The van der Waals surface area contributed by atoms with Crippen LogP contribution >= 0.6 is 0 Å². The van der Waals surface area contributed by atoms with Crippen LogP contribution in [-0.4, -0.2) is 6.23 Å². The van der Waals surface area contributed by atoms with E-state index in [0.717, 1.165) is 5.76 Å². The van der Waals surface area contributed by atoms with Crippen molar-refractivity contribution in [2.45, 2.75) is 20.1 Å². The molecule has 0 radical (unpaired) electrons. The number of hydrogen-bond donors (Lipinski definition) is 1. The fraction of sp³-hybridized carbons (Fsp3) is 0.600. The molecule has 0 aromatic carbocycles. The number of ether oxygens (including phenoxy) is 1. The van der Waals surface area contributed by atoms with Gasteiger partial charge in [-0.15, -0.1) is 0 Å². The SMILES string of the molecule is CC1=CNC(C)O1. The maximum atomic E-state index is 5.11. The number of allylic oxidation sites excluding steroid dienone is 1. The van der Waals surface area contributed by atoms with Crippen molar-refractivity contribution in [1.29, 1.82) is 0 Å². The lowest BCUT2D eigenvalue weighted by Gasteiger charge is -2.02. The lowest BCUT2D eigenvalue weighted by molar-refractivity contribution is 0.146. The van der Waals surface area contributed by atoms with Gasteiger partial charge in [0, 0.05) is 6.20 Å². The van der Waals surface area contributed by atoms with Crippen LogP contribution in [0.3, 0.4) is 0 Å². The molecule has 2 heteroatoms. The summed E-state index contributed by atoms with van der Waals surface area (Å²) in [7, 11) is 0. The van der Waals surface area contributed by atoms with Gasteiger partial charge in [-0.3, -0.25) is 0 Å². The Bertz CT molecular complexity index is 98.3. The van der Waals surface area contributed by atoms with E-state index in [4.69, 9.17) is 4.74 Å². The Morgan fingerprint density at radius 3 is 2.71 bits per heavy atom. The van der Waals surface area contributed by atoms with Crippen molar-refractivity contribution in [2.24, 2.45) is 0 Å². The molecular weight excluding hydrogens is 90.1 g/mol. The van der Waals surface area contributed by atoms with Gasteiger partial charge >= 0.3 is 0 Å². The molecule has 1 atom stereocenters. The highest BCUT2D eigenvalue weighted by molar-refractivity contribution is 4.92. The molecule has 1 unspecified atom stereocenters. The smallest absolute Gasteiger partial charge is 0.166 e. The summed E-state index contributed by atoms with van der Waals surface area (Å²) in [4.78, 5) is 0. The molecule has 0 fully saturated rings. The lowest BCUT2D eigenvalue weighted by atomic mass is 10.6. The molecule has 0 bridgehead atoms. The first kappa shape index (κ1) is 4.50. The molecule has 1 N–H and O–H groups in total. The van der Waals surface area contributed by atoms with E-state index >= 15 is 0 Å². The second kappa shape index (κ2) is 1.45. The van der Waals surface area contributed by atoms with Crippen LogP contribution in [0.1, 0.15) is 13.8 Å². The highest BCUT2D eigenvalue weighted by Gasteiger charge is 2.05. The molecule has 0 saturated heterocycles. The molecule has 1 aliphatic heterocycles. The lowest BCUT2D eigenvalue weighted by Crippen LogP contribution is -2.15. The molecule has 0 spiro atoms. The van der Waals surface area contributed by atoms with Gasteiger partial charge in [0.1, 0.15) is 5.76 Å². The summed E-state index contributed by atoms with van der Waals surface area (Å²) >= 11 is 0. The van der Waals surface area contributed by atoms with Crippen molar-refractivity contribution in [3.05, 3.63) is 12.0 Å². The first-order chi connectivity index (χ1) is 3.29. The maximum absolute atomic E-state index is 5.11. The highest BCUT2D eigenvalue weighted by Crippen LogP contribution is 2.03. The summed E-state index contributed by atoms with van der Waals surface area (Å²) in [6.07, 6.45) is 2.05. The van der Waals surface area contributed by atoms with Crippen molar-refractivity contribution >= 4 is 0 Å². The molecule has 2 nitrogen and oxygen atoms in total. The summed E-state index contributed by atoms with van der Waals surface area (Å²) in [5, 5.41) is 2.98. The Balaban J connectivity index is 2.42. The largest absolute Gasteiger partial charge is 0.474 e. The van der Waals surface area contributed by atoms with Crippen LogP contribution < -0.4 is 5.32 Å². The van der Waals surface area contributed by atoms with E-state index in [9.17, 15) is 0 Å². The topological polar surface area (TPSA) is 21.3 Å². The van der Waals surface area contributed by atoms with Gasteiger partial charge < -0.3 is 10.1 Å². The quantitative estimate of drug-likeness (QED) is 0.485. The van der Waals surface area contributed by atoms with Gasteiger partial charge in [0.05, 0.1) is 0 Å². The molecular formula is C5H9NO. The zero-order valence-corrected chi connectivity index (χ0v) is 4.56. The Morgan fingerprint density at radius 1 is 1.86 bits per heavy atom. The third kappa shape index (κ3) is 0.856. The predicted molar refractivity (Wildman–Crippen MR) is 27.4 cm³/mol. The van der Waals surface area contributed by atoms with Crippen LogP contribution in [0.25, 0.3) is 0 Å². The molecule has 1 aliphatic rings. The summed E-state index contributed by atoms with van der Waals surface area (Å²) in [5.74, 6) is 0.965. The first-order valence-electron chi connectivity index (χ1n) is 2.38. The molecule has 7 heavy (non-hydrogen) atoms. The Kier molecular flexibility index (Phi) is 0.929.